The zero-order valence-electron chi connectivity index (χ0n) is 12.8. The van der Waals surface area contributed by atoms with Crippen LogP contribution in [0, 0.1) is 5.82 Å². The molecule has 1 amide bonds. The van der Waals surface area contributed by atoms with Crippen molar-refractivity contribution in [2.75, 3.05) is 19.7 Å². The summed E-state index contributed by atoms with van der Waals surface area (Å²) in [5, 5.41) is 0. The second-order valence-electron chi connectivity index (χ2n) is 5.33. The van der Waals surface area contributed by atoms with Crippen molar-refractivity contribution in [3.05, 3.63) is 29.6 Å². The summed E-state index contributed by atoms with van der Waals surface area (Å²) in [5.74, 6) is -1.55. The molecule has 9 heteroatoms. The number of amides is 1. The summed E-state index contributed by atoms with van der Waals surface area (Å²) < 4.78 is 58.1. The van der Waals surface area contributed by atoms with Gasteiger partial charge in [-0.25, -0.2) is 4.39 Å². The second kappa shape index (κ2) is 8.53. The molecule has 2 N–H and O–H groups in total. The first-order valence-corrected chi connectivity index (χ1v) is 7.34. The molecule has 0 saturated carbocycles. The Morgan fingerprint density at radius 2 is 2.04 bits per heavy atom. The minimum absolute atomic E-state index is 0. The summed E-state index contributed by atoms with van der Waals surface area (Å²) in [6.45, 7) is 0.227. The molecular weight excluding hydrogens is 352 g/mol. The molecule has 2 rings (SSSR count). The third-order valence-electron chi connectivity index (χ3n) is 3.69. The minimum Gasteiger partial charge on any atom is -0.491 e. The van der Waals surface area contributed by atoms with Crippen LogP contribution >= 0.6 is 12.4 Å². The van der Waals surface area contributed by atoms with Gasteiger partial charge in [0, 0.05) is 13.1 Å². The van der Waals surface area contributed by atoms with E-state index in [2.05, 4.69) is 0 Å². The third kappa shape index (κ3) is 4.73. The van der Waals surface area contributed by atoms with Gasteiger partial charge < -0.3 is 15.4 Å². The summed E-state index contributed by atoms with van der Waals surface area (Å²) in [7, 11) is 0. The van der Waals surface area contributed by atoms with Gasteiger partial charge in [0.2, 0.25) is 0 Å². The molecule has 0 spiro atoms. The molecule has 1 fully saturated rings. The Hall–Kier alpha value is -1.54. The molecule has 1 aliphatic heterocycles. The lowest BCUT2D eigenvalue weighted by Gasteiger charge is -2.37. The quantitative estimate of drug-likeness (QED) is 0.828. The Morgan fingerprint density at radius 3 is 2.67 bits per heavy atom. The molecule has 1 heterocycles. The number of rotatable bonds is 4. The molecule has 0 aromatic heterocycles. The van der Waals surface area contributed by atoms with Gasteiger partial charge in [0.1, 0.15) is 24.2 Å². The highest BCUT2D eigenvalue weighted by Crippen LogP contribution is 2.34. The SMILES string of the molecule is Cl.NCCOc1ccc(F)cc1C(=O)N1CCCCC1C(F)(F)F. The molecule has 0 bridgehead atoms. The predicted octanol–water partition coefficient (Wildman–Crippen LogP) is 3.14. The Balaban J connectivity index is 0.00000288. The van der Waals surface area contributed by atoms with E-state index in [1.54, 1.807) is 0 Å². The van der Waals surface area contributed by atoms with E-state index in [4.69, 9.17) is 10.5 Å². The summed E-state index contributed by atoms with van der Waals surface area (Å²) in [4.78, 5) is 13.3. The first-order valence-electron chi connectivity index (χ1n) is 7.34. The lowest BCUT2D eigenvalue weighted by Crippen LogP contribution is -2.51. The van der Waals surface area contributed by atoms with E-state index in [0.717, 1.165) is 17.0 Å². The van der Waals surface area contributed by atoms with Crippen molar-refractivity contribution in [2.45, 2.75) is 31.5 Å². The van der Waals surface area contributed by atoms with Crippen LogP contribution in [0.25, 0.3) is 0 Å². The van der Waals surface area contributed by atoms with Gasteiger partial charge in [0.25, 0.3) is 5.91 Å². The van der Waals surface area contributed by atoms with E-state index in [0.29, 0.717) is 12.8 Å². The first kappa shape index (κ1) is 20.5. The Labute approximate surface area is 143 Å². The van der Waals surface area contributed by atoms with Gasteiger partial charge >= 0.3 is 6.18 Å². The van der Waals surface area contributed by atoms with E-state index in [-0.39, 0.29) is 49.8 Å². The molecule has 1 aromatic rings. The number of hydrogen-bond donors (Lipinski definition) is 1. The Kier molecular flexibility index (Phi) is 7.28. The molecule has 136 valence electrons. The van der Waals surface area contributed by atoms with Crippen molar-refractivity contribution in [1.29, 1.82) is 0 Å². The molecule has 0 radical (unpaired) electrons. The average molecular weight is 371 g/mol. The lowest BCUT2D eigenvalue weighted by molar-refractivity contribution is -0.183. The predicted molar refractivity (Wildman–Crippen MR) is 82.9 cm³/mol. The van der Waals surface area contributed by atoms with Crippen molar-refractivity contribution < 1.29 is 27.1 Å². The van der Waals surface area contributed by atoms with Crippen molar-refractivity contribution in [1.82, 2.24) is 4.90 Å². The number of hydrogen-bond acceptors (Lipinski definition) is 3. The average Bonchev–Trinajstić information content (AvgIpc) is 2.52. The van der Waals surface area contributed by atoms with Gasteiger partial charge in [0.15, 0.2) is 0 Å². The van der Waals surface area contributed by atoms with Gasteiger partial charge in [-0.1, -0.05) is 0 Å². The summed E-state index contributed by atoms with van der Waals surface area (Å²) in [5.41, 5.74) is 5.10. The largest absolute Gasteiger partial charge is 0.491 e. The Bertz CT molecular complexity index is 569. The van der Waals surface area contributed by atoms with Crippen LogP contribution in [0.15, 0.2) is 18.2 Å². The minimum atomic E-state index is -4.51. The molecule has 1 aliphatic rings. The van der Waals surface area contributed by atoms with E-state index in [1.165, 1.54) is 6.07 Å². The van der Waals surface area contributed by atoms with Crippen molar-refractivity contribution in [2.24, 2.45) is 5.73 Å². The topological polar surface area (TPSA) is 55.6 Å². The van der Waals surface area contributed by atoms with Crippen LogP contribution in [0.2, 0.25) is 0 Å². The number of alkyl halides is 3. The van der Waals surface area contributed by atoms with E-state index in [1.807, 2.05) is 0 Å². The number of halogens is 5. The fraction of sp³-hybridized carbons (Fsp3) is 0.533. The zero-order valence-corrected chi connectivity index (χ0v) is 13.6. The normalized spacial score (nSPS) is 18.0. The number of piperidine rings is 1. The molecule has 1 saturated heterocycles. The maximum Gasteiger partial charge on any atom is 0.408 e. The number of likely N-dealkylation sites (tertiary alicyclic amines) is 1. The maximum atomic E-state index is 13.5. The van der Waals surface area contributed by atoms with Crippen LogP contribution in [0.5, 0.6) is 5.75 Å². The number of ether oxygens (including phenoxy) is 1. The standard InChI is InChI=1S/C15H18F4N2O2.ClH/c16-10-4-5-12(23-8-6-20)11(9-10)14(22)21-7-2-1-3-13(21)15(17,18)19;/h4-5,9,13H,1-3,6-8,20H2;1H. The van der Waals surface area contributed by atoms with Crippen LogP contribution in [-0.4, -0.2) is 42.7 Å². The maximum absolute atomic E-state index is 13.5. The zero-order chi connectivity index (χ0) is 17.0. The monoisotopic (exact) mass is 370 g/mol. The molecule has 1 aromatic carbocycles. The number of nitrogens with zero attached hydrogens (tertiary/aromatic N) is 1. The number of carbonyl (C=O) groups excluding carboxylic acids is 1. The summed E-state index contributed by atoms with van der Waals surface area (Å²) in [6.07, 6.45) is -3.79. The summed E-state index contributed by atoms with van der Waals surface area (Å²) in [6, 6.07) is 1.36. The smallest absolute Gasteiger partial charge is 0.408 e. The highest BCUT2D eigenvalue weighted by atomic mass is 35.5. The third-order valence-corrected chi connectivity index (χ3v) is 3.69. The first-order chi connectivity index (χ1) is 10.8. The van der Waals surface area contributed by atoms with Gasteiger partial charge in [-0.3, -0.25) is 4.79 Å². The highest BCUT2D eigenvalue weighted by molar-refractivity contribution is 5.97. The molecule has 0 aliphatic carbocycles. The molecule has 1 unspecified atom stereocenters. The molecule has 24 heavy (non-hydrogen) atoms. The van der Waals surface area contributed by atoms with Gasteiger partial charge in [-0.2, -0.15) is 13.2 Å². The van der Waals surface area contributed by atoms with E-state index < -0.39 is 23.9 Å². The number of nitrogens with two attached hydrogens (primary N) is 1. The Morgan fingerprint density at radius 1 is 1.33 bits per heavy atom. The van der Waals surface area contributed by atoms with Crippen LogP contribution in [-0.2, 0) is 0 Å². The number of carbonyl (C=O) groups is 1. The number of benzene rings is 1. The fourth-order valence-corrected chi connectivity index (χ4v) is 2.63. The highest BCUT2D eigenvalue weighted by Gasteiger charge is 2.46. The second-order valence-corrected chi connectivity index (χ2v) is 5.33. The van der Waals surface area contributed by atoms with Crippen molar-refractivity contribution in [3.63, 3.8) is 0 Å². The lowest BCUT2D eigenvalue weighted by atomic mass is 10.00. The van der Waals surface area contributed by atoms with Crippen LogP contribution < -0.4 is 10.5 Å². The van der Waals surface area contributed by atoms with E-state index in [9.17, 15) is 22.4 Å². The molecular formula is C15H19ClF4N2O2. The fourth-order valence-electron chi connectivity index (χ4n) is 2.63. The van der Waals surface area contributed by atoms with Crippen LogP contribution in [0.1, 0.15) is 29.6 Å². The van der Waals surface area contributed by atoms with Crippen molar-refractivity contribution in [3.8, 4) is 5.75 Å². The van der Waals surface area contributed by atoms with Crippen LogP contribution in [0.4, 0.5) is 17.6 Å². The molecule has 4 nitrogen and oxygen atoms in total. The molecule has 1 atom stereocenters. The van der Waals surface area contributed by atoms with Gasteiger partial charge in [-0.15, -0.1) is 12.4 Å². The summed E-state index contributed by atoms with van der Waals surface area (Å²) >= 11 is 0. The van der Waals surface area contributed by atoms with Gasteiger partial charge in [-0.05, 0) is 37.5 Å². The van der Waals surface area contributed by atoms with Gasteiger partial charge in [0.05, 0.1) is 5.56 Å². The van der Waals surface area contributed by atoms with E-state index >= 15 is 0 Å². The van der Waals surface area contributed by atoms with Crippen molar-refractivity contribution >= 4 is 18.3 Å². The van der Waals surface area contributed by atoms with Crippen LogP contribution in [0.3, 0.4) is 0 Å².